The van der Waals surface area contributed by atoms with E-state index in [9.17, 15) is 14.7 Å². The number of hydrogen-bond donors (Lipinski definition) is 1. The van der Waals surface area contributed by atoms with Gasteiger partial charge in [0.05, 0.1) is 21.8 Å². The number of fused-ring (bicyclic) bond motifs is 1. The van der Waals surface area contributed by atoms with Gasteiger partial charge in [-0.1, -0.05) is 82.2 Å². The van der Waals surface area contributed by atoms with Crippen LogP contribution < -0.4 is 4.90 Å². The molecule has 0 saturated carbocycles. The van der Waals surface area contributed by atoms with Crippen molar-refractivity contribution in [3.63, 3.8) is 0 Å². The predicted octanol–water partition coefficient (Wildman–Crippen LogP) is 6.56. The zero-order chi connectivity index (χ0) is 24.0. The minimum atomic E-state index is -0.801. The predicted molar refractivity (Wildman–Crippen MR) is 139 cm³/mol. The van der Waals surface area contributed by atoms with Gasteiger partial charge in [0.15, 0.2) is 5.13 Å². The van der Waals surface area contributed by atoms with Gasteiger partial charge in [-0.25, -0.2) is 4.98 Å². The third-order valence-corrected chi connectivity index (χ3v) is 7.50. The van der Waals surface area contributed by atoms with E-state index >= 15 is 0 Å². The van der Waals surface area contributed by atoms with Gasteiger partial charge in [-0.15, -0.1) is 0 Å². The van der Waals surface area contributed by atoms with Crippen LogP contribution in [0.1, 0.15) is 35.2 Å². The maximum atomic E-state index is 13.4. The fourth-order valence-electron chi connectivity index (χ4n) is 4.17. The second kappa shape index (κ2) is 8.81. The number of benzene rings is 3. The van der Waals surface area contributed by atoms with Crippen LogP contribution in [0.4, 0.5) is 5.13 Å². The van der Waals surface area contributed by atoms with Crippen molar-refractivity contribution in [2.45, 2.75) is 26.3 Å². The van der Waals surface area contributed by atoms with E-state index in [1.165, 1.54) is 21.8 Å². The maximum absolute atomic E-state index is 13.4. The first-order chi connectivity index (χ1) is 16.4. The van der Waals surface area contributed by atoms with E-state index in [1.54, 1.807) is 12.1 Å². The summed E-state index contributed by atoms with van der Waals surface area (Å²) >= 11 is 4.86. The largest absolute Gasteiger partial charge is 0.507 e. The zero-order valence-electron chi connectivity index (χ0n) is 18.6. The van der Waals surface area contributed by atoms with Crippen LogP contribution in [0.5, 0.6) is 0 Å². The lowest BCUT2D eigenvalue weighted by atomic mass is 9.95. The molecule has 0 bridgehead atoms. The fraction of sp³-hybridized carbons (Fsp3) is 0.148. The molecule has 0 spiro atoms. The third kappa shape index (κ3) is 3.85. The molecule has 7 heteroatoms. The SMILES string of the molecule is CCc1ccc2nc(N3C(=O)C(=O)C(=C(O)c4ccc(C)cc4)C3c3cccc(Br)c3)sc2c1. The van der Waals surface area contributed by atoms with Gasteiger partial charge in [0, 0.05) is 10.0 Å². The van der Waals surface area contributed by atoms with Gasteiger partial charge in [0.2, 0.25) is 0 Å². The second-order valence-electron chi connectivity index (χ2n) is 8.24. The molecule has 34 heavy (non-hydrogen) atoms. The Morgan fingerprint density at radius 3 is 2.56 bits per heavy atom. The van der Waals surface area contributed by atoms with E-state index < -0.39 is 17.7 Å². The lowest BCUT2D eigenvalue weighted by Gasteiger charge is -2.23. The van der Waals surface area contributed by atoms with Gasteiger partial charge in [-0.2, -0.15) is 0 Å². The molecule has 1 fully saturated rings. The molecule has 170 valence electrons. The minimum absolute atomic E-state index is 0.0560. The van der Waals surface area contributed by atoms with Crippen LogP contribution in [0.25, 0.3) is 16.0 Å². The highest BCUT2D eigenvalue weighted by Crippen LogP contribution is 2.44. The Labute approximate surface area is 209 Å². The molecule has 5 nitrogen and oxygen atoms in total. The zero-order valence-corrected chi connectivity index (χ0v) is 21.0. The molecule has 5 rings (SSSR count). The van der Waals surface area contributed by atoms with Crippen molar-refractivity contribution in [1.29, 1.82) is 0 Å². The molecule has 0 aliphatic carbocycles. The Morgan fingerprint density at radius 2 is 1.85 bits per heavy atom. The number of Topliss-reactive ketones (excluding diaryl/α,β-unsaturated/α-hetero) is 1. The monoisotopic (exact) mass is 532 g/mol. The van der Waals surface area contributed by atoms with Crippen LogP contribution in [-0.2, 0) is 16.0 Å². The lowest BCUT2D eigenvalue weighted by molar-refractivity contribution is -0.132. The highest BCUT2D eigenvalue weighted by molar-refractivity contribution is 9.10. The van der Waals surface area contributed by atoms with Crippen molar-refractivity contribution in [2.75, 3.05) is 4.90 Å². The number of hydrogen-bond acceptors (Lipinski definition) is 5. The average molecular weight is 533 g/mol. The molecule has 1 amide bonds. The summed E-state index contributed by atoms with van der Waals surface area (Å²) in [5, 5.41) is 11.7. The molecule has 1 atom stereocenters. The van der Waals surface area contributed by atoms with Crippen LogP contribution in [-0.4, -0.2) is 21.8 Å². The third-order valence-electron chi connectivity index (χ3n) is 5.99. The fourth-order valence-corrected chi connectivity index (χ4v) is 5.64. The van der Waals surface area contributed by atoms with E-state index in [0.717, 1.165) is 26.7 Å². The molecular weight excluding hydrogens is 512 g/mol. The number of thiazole rings is 1. The standard InChI is InChI=1S/C27H21BrN2O3S/c1-3-16-9-12-20-21(13-16)34-27(29-20)30-23(18-5-4-6-19(28)14-18)22(25(32)26(30)33)24(31)17-10-7-15(2)8-11-17/h4-14,23,31H,3H2,1-2H3. The van der Waals surface area contributed by atoms with E-state index in [-0.39, 0.29) is 11.3 Å². The Morgan fingerprint density at radius 1 is 1.09 bits per heavy atom. The van der Waals surface area contributed by atoms with Gasteiger partial charge < -0.3 is 5.11 Å². The Hall–Kier alpha value is -3.29. The number of anilines is 1. The Bertz CT molecular complexity index is 1470. The van der Waals surface area contributed by atoms with Crippen molar-refractivity contribution >= 4 is 60.1 Å². The summed E-state index contributed by atoms with van der Waals surface area (Å²) in [5.41, 5.74) is 4.22. The number of aromatic nitrogens is 1. The number of rotatable bonds is 4. The van der Waals surface area contributed by atoms with Crippen molar-refractivity contribution in [1.82, 2.24) is 4.98 Å². The molecule has 1 saturated heterocycles. The molecule has 1 aromatic heterocycles. The number of ketones is 1. The summed E-state index contributed by atoms with van der Waals surface area (Å²) in [6, 6.07) is 19.9. The van der Waals surface area contributed by atoms with Crippen LogP contribution in [0.3, 0.4) is 0 Å². The first-order valence-corrected chi connectivity index (χ1v) is 12.5. The average Bonchev–Trinajstić information content (AvgIpc) is 3.36. The van der Waals surface area contributed by atoms with Gasteiger partial charge in [0.1, 0.15) is 5.76 Å². The van der Waals surface area contributed by atoms with E-state index in [0.29, 0.717) is 16.3 Å². The molecule has 4 aromatic rings. The summed E-state index contributed by atoms with van der Waals surface area (Å²) in [7, 11) is 0. The molecule has 1 N–H and O–H groups in total. The second-order valence-corrected chi connectivity index (χ2v) is 10.2. The van der Waals surface area contributed by atoms with E-state index in [2.05, 4.69) is 33.9 Å². The normalized spacial score (nSPS) is 17.6. The summed E-state index contributed by atoms with van der Waals surface area (Å²) in [4.78, 5) is 32.8. The summed E-state index contributed by atoms with van der Waals surface area (Å²) in [6.45, 7) is 4.03. The first-order valence-electron chi connectivity index (χ1n) is 10.9. The number of aliphatic hydroxyl groups is 1. The molecule has 1 unspecified atom stereocenters. The van der Waals surface area contributed by atoms with E-state index in [1.807, 2.05) is 55.5 Å². The number of aliphatic hydroxyl groups excluding tert-OH is 1. The van der Waals surface area contributed by atoms with Crippen molar-refractivity contribution < 1.29 is 14.7 Å². The van der Waals surface area contributed by atoms with Crippen LogP contribution in [0.15, 0.2) is 76.8 Å². The Balaban J connectivity index is 1.72. The maximum Gasteiger partial charge on any atom is 0.301 e. The van der Waals surface area contributed by atoms with Crippen molar-refractivity contribution in [2.24, 2.45) is 0 Å². The minimum Gasteiger partial charge on any atom is -0.507 e. The number of nitrogens with zero attached hydrogens (tertiary/aromatic N) is 2. The van der Waals surface area contributed by atoms with Crippen molar-refractivity contribution in [3.05, 3.63) is 99.0 Å². The van der Waals surface area contributed by atoms with E-state index in [4.69, 9.17) is 0 Å². The van der Waals surface area contributed by atoms with Crippen LogP contribution in [0.2, 0.25) is 0 Å². The molecule has 2 heterocycles. The Kier molecular flexibility index (Phi) is 5.83. The summed E-state index contributed by atoms with van der Waals surface area (Å²) in [6.07, 6.45) is 0.891. The first kappa shape index (κ1) is 22.5. The number of halogens is 1. The van der Waals surface area contributed by atoms with Crippen LogP contribution in [0, 0.1) is 6.92 Å². The summed E-state index contributed by atoms with van der Waals surface area (Å²) in [5.74, 6) is -1.62. The van der Waals surface area contributed by atoms with Gasteiger partial charge >= 0.3 is 5.91 Å². The number of aryl methyl sites for hydroxylation is 2. The summed E-state index contributed by atoms with van der Waals surface area (Å²) < 4.78 is 1.76. The molecule has 3 aromatic carbocycles. The number of carbonyl (C=O) groups excluding carboxylic acids is 2. The molecule has 0 radical (unpaired) electrons. The molecule has 1 aliphatic rings. The highest BCUT2D eigenvalue weighted by atomic mass is 79.9. The van der Waals surface area contributed by atoms with Gasteiger partial charge in [-0.3, -0.25) is 14.5 Å². The molecular formula is C27H21BrN2O3S. The topological polar surface area (TPSA) is 70.5 Å². The number of carbonyl (C=O) groups is 2. The highest BCUT2D eigenvalue weighted by Gasteiger charge is 2.48. The number of amides is 1. The molecule has 1 aliphatic heterocycles. The quantitative estimate of drug-likeness (QED) is 0.183. The van der Waals surface area contributed by atoms with Gasteiger partial charge in [0.25, 0.3) is 5.78 Å². The van der Waals surface area contributed by atoms with Crippen LogP contribution >= 0.6 is 27.3 Å². The lowest BCUT2D eigenvalue weighted by Crippen LogP contribution is -2.29. The van der Waals surface area contributed by atoms with Gasteiger partial charge in [-0.05, 0) is 48.7 Å². The van der Waals surface area contributed by atoms with Crippen molar-refractivity contribution in [3.8, 4) is 0 Å². The smallest absolute Gasteiger partial charge is 0.301 e.